The molecule has 0 aliphatic heterocycles. The van der Waals surface area contributed by atoms with Gasteiger partial charge in [0.15, 0.2) is 5.58 Å². The molecule has 0 saturated carbocycles. The molecule has 0 bridgehead atoms. The Morgan fingerprint density at radius 2 is 2.24 bits per heavy atom. The molecular formula is C11H13N3O3. The molecule has 1 aromatic carbocycles. The summed E-state index contributed by atoms with van der Waals surface area (Å²) in [7, 11) is 0. The average molecular weight is 235 g/mol. The standard InChI is InChI=1S/C11H13N3O3/c1-6(12)4-10(15)14-8-3-2-7(13)5-9(8)17-11(14)16/h2-3,5-6H,4,12-13H2,1H3. The van der Waals surface area contributed by atoms with E-state index in [-0.39, 0.29) is 18.4 Å². The number of rotatable bonds is 2. The van der Waals surface area contributed by atoms with Crippen molar-refractivity contribution >= 4 is 22.7 Å². The fourth-order valence-corrected chi connectivity index (χ4v) is 1.64. The highest BCUT2D eigenvalue weighted by Crippen LogP contribution is 2.16. The lowest BCUT2D eigenvalue weighted by Gasteiger charge is -2.03. The second-order valence-electron chi connectivity index (χ2n) is 4.01. The van der Waals surface area contributed by atoms with E-state index in [2.05, 4.69) is 0 Å². The number of anilines is 1. The number of carbonyl (C=O) groups is 1. The van der Waals surface area contributed by atoms with Crippen LogP contribution in [0, 0.1) is 0 Å². The number of nitrogens with zero attached hydrogens (tertiary/aromatic N) is 1. The van der Waals surface area contributed by atoms with Gasteiger partial charge in [-0.2, -0.15) is 0 Å². The number of oxazole rings is 1. The summed E-state index contributed by atoms with van der Waals surface area (Å²) < 4.78 is 5.93. The number of nitrogens with two attached hydrogens (primary N) is 2. The zero-order chi connectivity index (χ0) is 12.6. The SMILES string of the molecule is CC(N)CC(=O)n1c(=O)oc2cc(N)ccc21. The van der Waals surface area contributed by atoms with Crippen LogP contribution in [0.1, 0.15) is 18.1 Å². The van der Waals surface area contributed by atoms with Crippen LogP contribution in [0.15, 0.2) is 27.4 Å². The zero-order valence-corrected chi connectivity index (χ0v) is 9.34. The monoisotopic (exact) mass is 235 g/mol. The van der Waals surface area contributed by atoms with Crippen LogP contribution in [0.3, 0.4) is 0 Å². The second-order valence-corrected chi connectivity index (χ2v) is 4.01. The summed E-state index contributed by atoms with van der Waals surface area (Å²) in [6, 6.07) is 4.38. The summed E-state index contributed by atoms with van der Waals surface area (Å²) in [6.45, 7) is 1.70. The maximum atomic E-state index is 11.8. The van der Waals surface area contributed by atoms with E-state index in [4.69, 9.17) is 15.9 Å². The third-order valence-corrected chi connectivity index (χ3v) is 2.35. The third kappa shape index (κ3) is 2.07. The van der Waals surface area contributed by atoms with Crippen molar-refractivity contribution in [3.8, 4) is 0 Å². The number of nitrogen functional groups attached to an aromatic ring is 1. The average Bonchev–Trinajstić information content (AvgIpc) is 2.51. The molecule has 90 valence electrons. The van der Waals surface area contributed by atoms with Gasteiger partial charge in [-0.05, 0) is 19.1 Å². The summed E-state index contributed by atoms with van der Waals surface area (Å²) in [5, 5.41) is 0. The van der Waals surface area contributed by atoms with Crippen molar-refractivity contribution in [1.82, 2.24) is 4.57 Å². The van der Waals surface area contributed by atoms with Crippen LogP contribution in [-0.2, 0) is 0 Å². The maximum Gasteiger partial charge on any atom is 0.426 e. The quantitative estimate of drug-likeness (QED) is 0.740. The molecule has 6 heteroatoms. The first-order valence-electron chi connectivity index (χ1n) is 5.19. The van der Waals surface area contributed by atoms with Gasteiger partial charge in [-0.3, -0.25) is 4.79 Å². The molecule has 1 unspecified atom stereocenters. The van der Waals surface area contributed by atoms with E-state index in [1.54, 1.807) is 19.1 Å². The lowest BCUT2D eigenvalue weighted by Crippen LogP contribution is -2.28. The first-order chi connectivity index (χ1) is 7.99. The molecule has 0 saturated heterocycles. The van der Waals surface area contributed by atoms with Crippen molar-refractivity contribution in [2.24, 2.45) is 5.73 Å². The lowest BCUT2D eigenvalue weighted by molar-refractivity contribution is 0.0892. The topological polar surface area (TPSA) is 104 Å². The van der Waals surface area contributed by atoms with Crippen molar-refractivity contribution in [1.29, 1.82) is 0 Å². The lowest BCUT2D eigenvalue weighted by atomic mass is 10.2. The van der Waals surface area contributed by atoms with E-state index in [1.807, 2.05) is 0 Å². The molecule has 1 atom stereocenters. The van der Waals surface area contributed by atoms with E-state index in [0.29, 0.717) is 16.8 Å². The highest BCUT2D eigenvalue weighted by Gasteiger charge is 2.16. The van der Waals surface area contributed by atoms with Crippen LogP contribution in [0.4, 0.5) is 5.69 Å². The highest BCUT2D eigenvalue weighted by atomic mass is 16.4. The number of hydrogen-bond acceptors (Lipinski definition) is 5. The van der Waals surface area contributed by atoms with Crippen molar-refractivity contribution in [2.75, 3.05) is 5.73 Å². The van der Waals surface area contributed by atoms with Crippen LogP contribution >= 0.6 is 0 Å². The van der Waals surface area contributed by atoms with Crippen molar-refractivity contribution in [3.63, 3.8) is 0 Å². The fraction of sp³-hybridized carbons (Fsp3) is 0.273. The number of hydrogen-bond donors (Lipinski definition) is 2. The minimum absolute atomic E-state index is 0.0823. The Bertz CT molecular complexity index is 624. The molecule has 17 heavy (non-hydrogen) atoms. The smallest absolute Gasteiger partial charge is 0.407 e. The number of carbonyl (C=O) groups excluding carboxylic acids is 1. The molecule has 0 amide bonds. The van der Waals surface area contributed by atoms with Gasteiger partial charge in [0, 0.05) is 24.2 Å². The Morgan fingerprint density at radius 1 is 1.53 bits per heavy atom. The van der Waals surface area contributed by atoms with Crippen LogP contribution < -0.4 is 17.2 Å². The van der Waals surface area contributed by atoms with E-state index in [1.165, 1.54) is 6.07 Å². The van der Waals surface area contributed by atoms with Gasteiger partial charge >= 0.3 is 5.76 Å². The molecule has 2 aromatic rings. The van der Waals surface area contributed by atoms with Crippen LogP contribution in [0.5, 0.6) is 0 Å². The van der Waals surface area contributed by atoms with Crippen LogP contribution in [0.25, 0.3) is 11.1 Å². The van der Waals surface area contributed by atoms with Crippen LogP contribution in [0.2, 0.25) is 0 Å². The molecule has 0 radical (unpaired) electrons. The van der Waals surface area contributed by atoms with Crippen molar-refractivity contribution in [3.05, 3.63) is 28.7 Å². The largest absolute Gasteiger partial charge is 0.426 e. The third-order valence-electron chi connectivity index (χ3n) is 2.35. The number of benzene rings is 1. The summed E-state index contributed by atoms with van der Waals surface area (Å²) in [4.78, 5) is 23.4. The fourth-order valence-electron chi connectivity index (χ4n) is 1.64. The van der Waals surface area contributed by atoms with Gasteiger partial charge in [-0.15, -0.1) is 0 Å². The van der Waals surface area contributed by atoms with Gasteiger partial charge in [0.2, 0.25) is 5.91 Å². The van der Waals surface area contributed by atoms with Gasteiger partial charge in [0.1, 0.15) is 0 Å². The maximum absolute atomic E-state index is 11.8. The van der Waals surface area contributed by atoms with E-state index in [9.17, 15) is 9.59 Å². The van der Waals surface area contributed by atoms with E-state index >= 15 is 0 Å². The van der Waals surface area contributed by atoms with E-state index < -0.39 is 5.76 Å². The van der Waals surface area contributed by atoms with Crippen LogP contribution in [-0.4, -0.2) is 16.5 Å². The van der Waals surface area contributed by atoms with E-state index in [0.717, 1.165) is 4.57 Å². The first kappa shape index (κ1) is 11.4. The Balaban J connectivity index is 2.57. The molecule has 1 heterocycles. The van der Waals surface area contributed by atoms with Gasteiger partial charge in [-0.25, -0.2) is 9.36 Å². The van der Waals surface area contributed by atoms with Gasteiger partial charge in [0.05, 0.1) is 5.52 Å². The summed E-state index contributed by atoms with van der Waals surface area (Å²) in [5.41, 5.74) is 12.3. The van der Waals surface area contributed by atoms with Gasteiger partial charge in [-0.1, -0.05) is 0 Å². The Morgan fingerprint density at radius 3 is 2.88 bits per heavy atom. The molecule has 0 spiro atoms. The molecule has 0 aliphatic rings. The predicted molar refractivity (Wildman–Crippen MR) is 63.8 cm³/mol. The Hall–Kier alpha value is -2.08. The molecular weight excluding hydrogens is 222 g/mol. The van der Waals surface area contributed by atoms with Gasteiger partial charge < -0.3 is 15.9 Å². The minimum atomic E-state index is -0.712. The first-order valence-corrected chi connectivity index (χ1v) is 5.19. The summed E-state index contributed by atoms with van der Waals surface area (Å²) >= 11 is 0. The van der Waals surface area contributed by atoms with Gasteiger partial charge in [0.25, 0.3) is 0 Å². The molecule has 4 N–H and O–H groups in total. The Labute approximate surface area is 96.8 Å². The highest BCUT2D eigenvalue weighted by molar-refractivity contribution is 5.90. The normalized spacial score (nSPS) is 12.8. The minimum Gasteiger partial charge on any atom is -0.407 e. The number of fused-ring (bicyclic) bond motifs is 1. The molecule has 2 rings (SSSR count). The summed E-state index contributed by atoms with van der Waals surface area (Å²) in [6.07, 6.45) is 0.0823. The van der Waals surface area contributed by atoms with Crippen molar-refractivity contribution < 1.29 is 9.21 Å². The Kier molecular flexibility index (Phi) is 2.72. The second kappa shape index (κ2) is 4.06. The molecule has 1 aromatic heterocycles. The molecule has 0 fully saturated rings. The predicted octanol–water partition coefficient (Wildman–Crippen LogP) is 0.554. The zero-order valence-electron chi connectivity index (χ0n) is 9.34. The molecule has 0 aliphatic carbocycles. The summed E-state index contributed by atoms with van der Waals surface area (Å²) in [5.74, 6) is -1.09. The number of aromatic nitrogens is 1. The van der Waals surface area contributed by atoms with Crippen molar-refractivity contribution in [2.45, 2.75) is 19.4 Å². The molecule has 6 nitrogen and oxygen atoms in total.